The third kappa shape index (κ3) is 5.72. The van der Waals surface area contributed by atoms with Gasteiger partial charge in [-0.3, -0.25) is 9.59 Å². The van der Waals surface area contributed by atoms with Gasteiger partial charge in [-0.25, -0.2) is 15.0 Å². The topological polar surface area (TPSA) is 116 Å². The lowest BCUT2D eigenvalue weighted by Gasteiger charge is -2.15. The Hall–Kier alpha value is -2.07. The van der Waals surface area contributed by atoms with Gasteiger partial charge in [0.1, 0.15) is 29.1 Å². The number of aromatic nitrogens is 4. The van der Waals surface area contributed by atoms with Gasteiger partial charge in [-0.15, -0.1) is 0 Å². The number of Topliss-reactive ketones (excluding diaryl/α,β-unsaturated/α-hetero) is 2. The molecule has 3 unspecified atom stereocenters. The second kappa shape index (κ2) is 10.6. The maximum absolute atomic E-state index is 12.0. The molecule has 0 aliphatic rings. The number of nitrogens with one attached hydrogen (secondary N) is 1. The molecule has 0 spiro atoms. The summed E-state index contributed by atoms with van der Waals surface area (Å²) >= 11 is 9.91. The van der Waals surface area contributed by atoms with Crippen LogP contribution in [0.2, 0.25) is 0 Å². The highest BCUT2D eigenvalue weighted by atomic mass is 32.1. The lowest BCUT2D eigenvalue weighted by atomic mass is 10.1. The number of ether oxygens (including phenoxy) is 1. The molecular formula is C17H21N5O4PS2+. The quantitative estimate of drug-likeness (QED) is 0.378. The molecule has 12 heteroatoms. The van der Waals surface area contributed by atoms with E-state index in [0.29, 0.717) is 17.7 Å². The molecular weight excluding hydrogens is 433 g/mol. The number of hydrogen-bond acceptors (Lipinski definition) is 10. The number of thiocarbonyl (C=S) groups is 2. The van der Waals surface area contributed by atoms with Crippen LogP contribution in [0.3, 0.4) is 0 Å². The van der Waals surface area contributed by atoms with Gasteiger partial charge in [0.05, 0.1) is 19.0 Å². The highest BCUT2D eigenvalue weighted by molar-refractivity contribution is 7.79. The standard InChI is InChI=1S/C17H20N5O4PS2/c1-9(26-8-27-25)4-22-7-18-14-16(19-13(6-29)11(3)24)20-15(21-17(14)22)12(5-28)10(2)23/h5-7,9,12-13H,4,8H2,1-3H3,(H,19,20,21)/p+1/t9-,12?,13?/m1/s1. The minimum absolute atomic E-state index is 0.132. The minimum atomic E-state index is -0.781. The van der Waals surface area contributed by atoms with Crippen molar-refractivity contribution in [1.82, 2.24) is 19.5 Å². The summed E-state index contributed by atoms with van der Waals surface area (Å²) < 4.78 is 17.9. The highest BCUT2D eigenvalue weighted by Gasteiger charge is 2.23. The number of ketones is 2. The second-order valence-electron chi connectivity index (χ2n) is 6.36. The summed E-state index contributed by atoms with van der Waals surface area (Å²) in [5.41, 5.74) is 0.869. The van der Waals surface area contributed by atoms with Crippen molar-refractivity contribution in [3.8, 4) is 0 Å². The van der Waals surface area contributed by atoms with Crippen LogP contribution in [0, 0.1) is 0 Å². The van der Waals surface area contributed by atoms with Crippen molar-refractivity contribution in [2.75, 3.05) is 11.7 Å². The third-order valence-corrected chi connectivity index (χ3v) is 4.91. The maximum atomic E-state index is 12.0. The Balaban J connectivity index is 2.56. The van der Waals surface area contributed by atoms with Crippen molar-refractivity contribution in [2.45, 2.75) is 45.4 Å². The van der Waals surface area contributed by atoms with Gasteiger partial charge >= 0.3 is 8.46 Å². The Kier molecular flexibility index (Phi) is 8.51. The number of hydrogen-bond donors (Lipinski definition) is 1. The van der Waals surface area contributed by atoms with Crippen LogP contribution < -0.4 is 5.32 Å². The maximum Gasteiger partial charge on any atom is 0.353 e. The molecule has 0 aliphatic heterocycles. The van der Waals surface area contributed by atoms with E-state index in [9.17, 15) is 14.2 Å². The molecule has 2 heterocycles. The number of fused-ring (bicyclic) bond motifs is 1. The Morgan fingerprint density at radius 1 is 1.28 bits per heavy atom. The van der Waals surface area contributed by atoms with Crippen molar-refractivity contribution >= 4 is 72.2 Å². The van der Waals surface area contributed by atoms with Crippen molar-refractivity contribution in [3.05, 3.63) is 12.2 Å². The molecule has 0 amide bonds. The van der Waals surface area contributed by atoms with Crippen molar-refractivity contribution < 1.29 is 18.9 Å². The van der Waals surface area contributed by atoms with Gasteiger partial charge < -0.3 is 14.6 Å². The van der Waals surface area contributed by atoms with E-state index in [1.807, 2.05) is 6.92 Å². The summed E-state index contributed by atoms with van der Waals surface area (Å²) in [7, 11) is -0.547. The average Bonchev–Trinajstić information content (AvgIpc) is 3.07. The molecule has 0 aliphatic carbocycles. The summed E-state index contributed by atoms with van der Waals surface area (Å²) in [4.78, 5) is 37.0. The highest BCUT2D eigenvalue weighted by Crippen LogP contribution is 2.23. The van der Waals surface area contributed by atoms with E-state index in [1.54, 1.807) is 10.9 Å². The first-order chi connectivity index (χ1) is 13.8. The Morgan fingerprint density at radius 3 is 2.55 bits per heavy atom. The normalized spacial score (nSPS) is 14.3. The van der Waals surface area contributed by atoms with Crippen LogP contribution >= 0.6 is 32.9 Å². The minimum Gasteiger partial charge on any atom is -0.354 e. The molecule has 0 radical (unpaired) electrons. The summed E-state index contributed by atoms with van der Waals surface area (Å²) in [5.74, 6) is -0.696. The van der Waals surface area contributed by atoms with Crippen LogP contribution in [-0.4, -0.2) is 60.3 Å². The number of carbonyl (C=O) groups excluding carboxylic acids is 2. The Bertz CT molecular complexity index is 951. The molecule has 0 bridgehead atoms. The van der Waals surface area contributed by atoms with Crippen LogP contribution in [0.25, 0.3) is 11.2 Å². The fraction of sp³-hybridized carbons (Fsp3) is 0.471. The largest absolute Gasteiger partial charge is 0.354 e. The van der Waals surface area contributed by atoms with Crippen LogP contribution in [-0.2, 0) is 25.4 Å². The number of carbonyl (C=O) groups is 2. The van der Waals surface area contributed by atoms with Crippen molar-refractivity contribution in [2.24, 2.45) is 0 Å². The zero-order chi connectivity index (χ0) is 21.6. The average molecular weight is 454 g/mol. The molecule has 2 aromatic rings. The SMILES string of the molecule is CC(=O)C(C=S)Nc1nc(C(C=S)C(C)=O)nc2c1ncn2C[C@@H](C)OC[PH+]=O. The molecule has 0 fully saturated rings. The molecule has 4 atom stereocenters. The van der Waals surface area contributed by atoms with Gasteiger partial charge in [-0.1, -0.05) is 29.0 Å². The Morgan fingerprint density at radius 2 is 2.00 bits per heavy atom. The van der Waals surface area contributed by atoms with Crippen molar-refractivity contribution in [1.29, 1.82) is 0 Å². The first-order valence-electron chi connectivity index (χ1n) is 8.69. The number of rotatable bonds is 12. The van der Waals surface area contributed by atoms with Crippen molar-refractivity contribution in [3.63, 3.8) is 0 Å². The van der Waals surface area contributed by atoms with E-state index in [0.717, 1.165) is 0 Å². The number of imidazole rings is 1. The lowest BCUT2D eigenvalue weighted by Crippen LogP contribution is -2.29. The summed E-state index contributed by atoms with van der Waals surface area (Å²) in [5, 5.41) is 5.57. The molecule has 154 valence electrons. The molecule has 9 nitrogen and oxygen atoms in total. The molecule has 2 aromatic heterocycles. The third-order valence-electron chi connectivity index (χ3n) is 4.08. The lowest BCUT2D eigenvalue weighted by molar-refractivity contribution is -0.117. The van der Waals surface area contributed by atoms with E-state index in [-0.39, 0.29) is 35.7 Å². The molecule has 1 N–H and O–H groups in total. The van der Waals surface area contributed by atoms with Gasteiger partial charge in [-0.05, 0) is 26.1 Å². The fourth-order valence-corrected chi connectivity index (χ4v) is 3.48. The van der Waals surface area contributed by atoms with E-state index in [4.69, 9.17) is 29.2 Å². The summed E-state index contributed by atoms with van der Waals surface area (Å²) in [6, 6.07) is -0.746. The molecule has 0 saturated heterocycles. The number of anilines is 1. The molecule has 2 rings (SSSR count). The molecule has 0 saturated carbocycles. The predicted molar refractivity (Wildman–Crippen MR) is 119 cm³/mol. The summed E-state index contributed by atoms with van der Waals surface area (Å²) in [6.07, 6.45) is 1.45. The van der Waals surface area contributed by atoms with Crippen LogP contribution in [0.15, 0.2) is 6.33 Å². The zero-order valence-corrected chi connectivity index (χ0v) is 18.7. The first-order valence-corrected chi connectivity index (χ1v) is 10.8. The monoisotopic (exact) mass is 454 g/mol. The van der Waals surface area contributed by atoms with E-state index in [1.165, 1.54) is 24.6 Å². The van der Waals surface area contributed by atoms with Gasteiger partial charge in [0.2, 0.25) is 6.35 Å². The predicted octanol–water partition coefficient (Wildman–Crippen LogP) is 2.25. The van der Waals surface area contributed by atoms with Crippen LogP contribution in [0.1, 0.15) is 32.5 Å². The smallest absolute Gasteiger partial charge is 0.353 e. The number of nitrogens with zero attached hydrogens (tertiary/aromatic N) is 4. The Labute approximate surface area is 179 Å². The second-order valence-corrected chi connectivity index (χ2v) is 7.48. The van der Waals surface area contributed by atoms with E-state index >= 15 is 0 Å². The summed E-state index contributed by atoms with van der Waals surface area (Å²) in [6.45, 7) is 5.03. The van der Waals surface area contributed by atoms with E-state index in [2.05, 4.69) is 20.3 Å². The van der Waals surface area contributed by atoms with Gasteiger partial charge in [0, 0.05) is 5.37 Å². The van der Waals surface area contributed by atoms with Gasteiger partial charge in [-0.2, -0.15) is 0 Å². The van der Waals surface area contributed by atoms with E-state index < -0.39 is 20.4 Å². The first kappa shape index (κ1) is 23.2. The zero-order valence-electron chi connectivity index (χ0n) is 16.1. The fourth-order valence-electron chi connectivity index (χ4n) is 2.56. The van der Waals surface area contributed by atoms with Crippen LogP contribution in [0.4, 0.5) is 5.82 Å². The van der Waals surface area contributed by atoms with Gasteiger partial charge in [0.15, 0.2) is 17.2 Å². The van der Waals surface area contributed by atoms with Crippen LogP contribution in [0.5, 0.6) is 0 Å². The van der Waals surface area contributed by atoms with Gasteiger partial charge in [0.25, 0.3) is 0 Å². The molecule has 29 heavy (non-hydrogen) atoms. The molecule has 0 aromatic carbocycles.